The van der Waals surface area contributed by atoms with Crippen molar-refractivity contribution in [3.05, 3.63) is 63.9 Å². The lowest BCUT2D eigenvalue weighted by molar-refractivity contribution is 0.156. The third-order valence-corrected chi connectivity index (χ3v) is 7.11. The zero-order valence-corrected chi connectivity index (χ0v) is 19.4. The number of nitrogens with one attached hydrogen (secondary N) is 1. The van der Waals surface area contributed by atoms with E-state index in [4.69, 9.17) is 14.7 Å². The normalized spacial score (nSPS) is 13.2. The number of amides is 1. The van der Waals surface area contributed by atoms with E-state index in [0.29, 0.717) is 5.69 Å². The summed E-state index contributed by atoms with van der Waals surface area (Å²) in [7, 11) is 0. The second kappa shape index (κ2) is 8.39. The minimum absolute atomic E-state index is 0.196. The summed E-state index contributed by atoms with van der Waals surface area (Å²) >= 11 is 1.57. The van der Waals surface area contributed by atoms with Crippen molar-refractivity contribution in [2.24, 2.45) is 0 Å². The number of nitrogens with zero attached hydrogens (tertiary/aromatic N) is 3. The average molecular weight is 447 g/mol. The van der Waals surface area contributed by atoms with Crippen LogP contribution in [0.25, 0.3) is 21.6 Å². The molecule has 0 atom stereocenters. The molecular weight excluding hydrogens is 420 g/mol. The molecule has 7 heteroatoms. The van der Waals surface area contributed by atoms with Crippen molar-refractivity contribution < 1.29 is 9.53 Å². The molecule has 3 heterocycles. The van der Waals surface area contributed by atoms with Crippen molar-refractivity contribution in [1.82, 2.24) is 14.5 Å². The predicted octanol–water partition coefficient (Wildman–Crippen LogP) is 6.17. The molecule has 1 amide bonds. The zero-order chi connectivity index (χ0) is 22.2. The highest BCUT2D eigenvalue weighted by atomic mass is 32.1. The monoisotopic (exact) mass is 446 g/mol. The average Bonchev–Trinajstić information content (AvgIpc) is 3.31. The number of hydrogen-bond donors (Lipinski definition) is 1. The van der Waals surface area contributed by atoms with Crippen molar-refractivity contribution in [3.63, 3.8) is 0 Å². The lowest BCUT2D eigenvalue weighted by atomic mass is 10.1. The second-order valence-electron chi connectivity index (χ2n) is 8.39. The molecule has 0 spiro atoms. The highest BCUT2D eigenvalue weighted by molar-refractivity contribution is 7.15. The van der Waals surface area contributed by atoms with Crippen molar-refractivity contribution in [3.8, 4) is 10.6 Å². The van der Waals surface area contributed by atoms with Crippen LogP contribution in [-0.4, -0.2) is 20.6 Å². The zero-order valence-electron chi connectivity index (χ0n) is 18.6. The summed E-state index contributed by atoms with van der Waals surface area (Å²) in [5.74, 6) is 1.13. The molecule has 4 aromatic rings. The Labute approximate surface area is 191 Å². The Morgan fingerprint density at radius 1 is 1.12 bits per heavy atom. The van der Waals surface area contributed by atoms with Gasteiger partial charge in [0, 0.05) is 24.2 Å². The van der Waals surface area contributed by atoms with Crippen LogP contribution in [0.3, 0.4) is 0 Å². The molecule has 2 aromatic carbocycles. The molecule has 1 aliphatic heterocycles. The largest absolute Gasteiger partial charge is 0.444 e. The summed E-state index contributed by atoms with van der Waals surface area (Å²) in [6.07, 6.45) is 2.91. The number of fused-ring (bicyclic) bond motifs is 3. The molecule has 0 saturated heterocycles. The first-order chi connectivity index (χ1) is 15.5. The molecule has 32 heavy (non-hydrogen) atoms. The Bertz CT molecular complexity index is 1320. The SMILES string of the molecule is Cc1ccc(-c2nc(C)c(COC(=O)Nc3ccc4c(c3)nc3n4CCCC3)s2)c(C)c1. The first kappa shape index (κ1) is 20.7. The molecule has 0 bridgehead atoms. The van der Waals surface area contributed by atoms with E-state index >= 15 is 0 Å². The molecule has 1 N–H and O–H groups in total. The number of imidazole rings is 1. The Hall–Kier alpha value is -3.19. The van der Waals surface area contributed by atoms with Gasteiger partial charge in [-0.2, -0.15) is 0 Å². The molecule has 164 valence electrons. The minimum Gasteiger partial charge on any atom is -0.444 e. The summed E-state index contributed by atoms with van der Waals surface area (Å²) in [6, 6.07) is 12.2. The first-order valence-electron chi connectivity index (χ1n) is 10.9. The summed E-state index contributed by atoms with van der Waals surface area (Å²) in [5.41, 5.74) is 7.16. The number of carbonyl (C=O) groups excluding carboxylic acids is 1. The number of aryl methyl sites for hydroxylation is 5. The van der Waals surface area contributed by atoms with Gasteiger partial charge in [-0.3, -0.25) is 5.32 Å². The summed E-state index contributed by atoms with van der Waals surface area (Å²) in [4.78, 5) is 22.8. The van der Waals surface area contributed by atoms with E-state index in [1.54, 1.807) is 11.3 Å². The number of carbonyl (C=O) groups is 1. The molecule has 0 aliphatic carbocycles. The van der Waals surface area contributed by atoms with Gasteiger partial charge in [0.25, 0.3) is 0 Å². The highest BCUT2D eigenvalue weighted by Crippen LogP contribution is 2.31. The Morgan fingerprint density at radius 2 is 2.00 bits per heavy atom. The fourth-order valence-electron chi connectivity index (χ4n) is 4.27. The van der Waals surface area contributed by atoms with Crippen molar-refractivity contribution in [1.29, 1.82) is 0 Å². The minimum atomic E-state index is -0.478. The Balaban J connectivity index is 1.26. The van der Waals surface area contributed by atoms with E-state index in [9.17, 15) is 4.79 Å². The smallest absolute Gasteiger partial charge is 0.411 e. The Morgan fingerprint density at radius 3 is 2.84 bits per heavy atom. The van der Waals surface area contributed by atoms with Crippen molar-refractivity contribution in [2.75, 3.05) is 5.32 Å². The molecule has 5 rings (SSSR count). The summed E-state index contributed by atoms with van der Waals surface area (Å²) in [5, 5.41) is 3.78. The number of ether oxygens (including phenoxy) is 1. The molecule has 0 fully saturated rings. The molecule has 0 saturated carbocycles. The fraction of sp³-hybridized carbons (Fsp3) is 0.320. The third-order valence-electron chi connectivity index (χ3n) is 5.95. The van der Waals surface area contributed by atoms with Gasteiger partial charge in [0.05, 0.1) is 21.6 Å². The van der Waals surface area contributed by atoms with E-state index in [0.717, 1.165) is 51.0 Å². The summed E-state index contributed by atoms with van der Waals surface area (Å²) in [6.45, 7) is 7.34. The maximum atomic E-state index is 12.4. The molecule has 2 aromatic heterocycles. The van der Waals surface area contributed by atoms with Crippen LogP contribution in [-0.2, 0) is 24.3 Å². The van der Waals surface area contributed by atoms with Crippen LogP contribution < -0.4 is 5.32 Å². The number of thiazole rings is 1. The number of aromatic nitrogens is 3. The molecule has 1 aliphatic rings. The lowest BCUT2D eigenvalue weighted by Gasteiger charge is -2.13. The van der Waals surface area contributed by atoms with Crippen molar-refractivity contribution in [2.45, 2.75) is 53.2 Å². The highest BCUT2D eigenvalue weighted by Gasteiger charge is 2.16. The van der Waals surface area contributed by atoms with Crippen LogP contribution in [0.15, 0.2) is 36.4 Å². The van der Waals surface area contributed by atoms with Gasteiger partial charge in [-0.15, -0.1) is 11.3 Å². The number of anilines is 1. The van der Waals surface area contributed by atoms with Crippen LogP contribution in [0.5, 0.6) is 0 Å². The maximum absolute atomic E-state index is 12.4. The van der Waals surface area contributed by atoms with Gasteiger partial charge in [0.2, 0.25) is 0 Å². The molecule has 0 radical (unpaired) electrons. The van der Waals surface area contributed by atoms with Gasteiger partial charge in [0.15, 0.2) is 0 Å². The standard InChI is InChI=1S/C25H26N4O2S/c1-15-7-9-19(16(2)12-15)24-26-17(3)22(32-24)14-31-25(30)27-18-8-10-21-20(13-18)28-23-6-4-5-11-29(21)23/h7-10,12-13H,4-6,11,14H2,1-3H3,(H,27,30). The quantitative estimate of drug-likeness (QED) is 0.407. The first-order valence-corrected chi connectivity index (χ1v) is 11.8. The van der Waals surface area contributed by atoms with E-state index < -0.39 is 6.09 Å². The van der Waals surface area contributed by atoms with Gasteiger partial charge < -0.3 is 9.30 Å². The topological polar surface area (TPSA) is 69.0 Å². The third kappa shape index (κ3) is 4.00. The van der Waals surface area contributed by atoms with Crippen LogP contribution in [0.1, 0.15) is 40.4 Å². The van der Waals surface area contributed by atoms with Crippen LogP contribution >= 0.6 is 11.3 Å². The number of hydrogen-bond acceptors (Lipinski definition) is 5. The number of rotatable bonds is 4. The van der Waals surface area contributed by atoms with Crippen LogP contribution in [0.4, 0.5) is 10.5 Å². The van der Waals surface area contributed by atoms with Gasteiger partial charge in [-0.25, -0.2) is 14.8 Å². The molecule has 6 nitrogen and oxygen atoms in total. The van der Waals surface area contributed by atoms with Crippen LogP contribution in [0.2, 0.25) is 0 Å². The van der Waals surface area contributed by atoms with Gasteiger partial charge in [0.1, 0.15) is 17.4 Å². The van der Waals surface area contributed by atoms with Gasteiger partial charge in [-0.1, -0.05) is 23.8 Å². The van der Waals surface area contributed by atoms with E-state index in [2.05, 4.69) is 41.9 Å². The van der Waals surface area contributed by atoms with Gasteiger partial charge in [-0.05, 0) is 57.4 Å². The van der Waals surface area contributed by atoms with E-state index in [-0.39, 0.29) is 6.61 Å². The molecular formula is C25H26N4O2S. The van der Waals surface area contributed by atoms with E-state index in [1.165, 1.54) is 24.0 Å². The van der Waals surface area contributed by atoms with Gasteiger partial charge >= 0.3 is 6.09 Å². The van der Waals surface area contributed by atoms with E-state index in [1.807, 2.05) is 25.1 Å². The summed E-state index contributed by atoms with van der Waals surface area (Å²) < 4.78 is 7.78. The lowest BCUT2D eigenvalue weighted by Crippen LogP contribution is -2.13. The van der Waals surface area contributed by atoms with Crippen molar-refractivity contribution >= 4 is 34.2 Å². The Kier molecular flexibility index (Phi) is 5.43. The fourth-order valence-corrected chi connectivity index (χ4v) is 5.33. The van der Waals surface area contributed by atoms with Crippen LogP contribution in [0, 0.1) is 20.8 Å². The second-order valence-corrected chi connectivity index (χ2v) is 9.47. The number of benzene rings is 2. The predicted molar refractivity (Wildman–Crippen MR) is 128 cm³/mol. The maximum Gasteiger partial charge on any atom is 0.411 e. The molecule has 0 unspecified atom stereocenters.